The van der Waals surface area contributed by atoms with Gasteiger partial charge in [0.05, 0.1) is 34.4 Å². The quantitative estimate of drug-likeness (QED) is 0.400. The van der Waals surface area contributed by atoms with Gasteiger partial charge in [-0.15, -0.1) is 11.3 Å². The average molecular weight is 534 g/mol. The number of anilines is 1. The molecule has 35 heavy (non-hydrogen) atoms. The second kappa shape index (κ2) is 12.6. The van der Waals surface area contributed by atoms with Crippen molar-refractivity contribution in [2.24, 2.45) is 5.92 Å². The minimum absolute atomic E-state index is 0.0779. The summed E-state index contributed by atoms with van der Waals surface area (Å²) in [5.41, 5.74) is 1.64. The zero-order valence-electron chi connectivity index (χ0n) is 19.3. The lowest BCUT2D eigenvalue weighted by Gasteiger charge is -2.24. The molecule has 0 unspecified atom stereocenters. The molecule has 8 nitrogen and oxygen atoms in total. The van der Waals surface area contributed by atoms with E-state index in [2.05, 4.69) is 20.6 Å². The molecule has 0 saturated heterocycles. The Morgan fingerprint density at radius 2 is 1.86 bits per heavy atom. The fourth-order valence-corrected chi connectivity index (χ4v) is 4.19. The number of carbonyl (C=O) groups is 3. The van der Waals surface area contributed by atoms with Gasteiger partial charge >= 0.3 is 0 Å². The van der Waals surface area contributed by atoms with E-state index in [0.717, 1.165) is 5.69 Å². The molecule has 184 valence electrons. The number of pyridine rings is 1. The molecule has 0 radical (unpaired) electrons. The normalized spacial score (nSPS) is 10.8. The second-order valence-electron chi connectivity index (χ2n) is 8.18. The molecule has 3 rings (SSSR count). The summed E-state index contributed by atoms with van der Waals surface area (Å²) in [6.45, 7) is 4.47. The molecular formula is C24H25Cl2N5O3S. The van der Waals surface area contributed by atoms with Crippen molar-refractivity contribution >= 4 is 57.4 Å². The van der Waals surface area contributed by atoms with Crippen molar-refractivity contribution in [1.82, 2.24) is 20.2 Å². The SMILES string of the molecule is CC(C)CN(CC(=O)Nc1nc(CC(=O)NCc2ccccn2)cs1)C(=O)c1ccc(Cl)c(Cl)c1. The van der Waals surface area contributed by atoms with E-state index in [1.165, 1.54) is 22.3 Å². The van der Waals surface area contributed by atoms with Crippen molar-refractivity contribution in [2.75, 3.05) is 18.4 Å². The first-order valence-corrected chi connectivity index (χ1v) is 12.5. The summed E-state index contributed by atoms with van der Waals surface area (Å²) in [4.78, 5) is 47.8. The number of nitrogens with zero attached hydrogens (tertiary/aromatic N) is 3. The van der Waals surface area contributed by atoms with Gasteiger partial charge in [-0.3, -0.25) is 19.4 Å². The summed E-state index contributed by atoms with van der Waals surface area (Å²) < 4.78 is 0. The lowest BCUT2D eigenvalue weighted by molar-refractivity contribution is -0.120. The molecule has 3 amide bonds. The highest BCUT2D eigenvalue weighted by atomic mass is 35.5. The molecule has 0 aliphatic carbocycles. The standard InChI is InChI=1S/C24H25Cl2N5O3S/c1-15(2)12-31(23(34)16-6-7-19(25)20(26)9-16)13-22(33)30-24-29-18(14-35-24)10-21(32)28-11-17-5-3-4-8-27-17/h3-9,14-15H,10-13H2,1-2H3,(H,28,32)(H,29,30,33). The Labute approximate surface area is 217 Å². The fraction of sp³-hybridized carbons (Fsp3) is 0.292. The maximum atomic E-state index is 13.0. The van der Waals surface area contributed by atoms with E-state index in [4.69, 9.17) is 23.2 Å². The zero-order valence-corrected chi connectivity index (χ0v) is 21.6. The molecule has 0 aliphatic heterocycles. The molecule has 2 heterocycles. The Balaban J connectivity index is 1.56. The van der Waals surface area contributed by atoms with Gasteiger partial charge in [0.1, 0.15) is 6.54 Å². The number of thiazole rings is 1. The number of halogens is 2. The van der Waals surface area contributed by atoms with Crippen LogP contribution >= 0.6 is 34.5 Å². The molecule has 0 spiro atoms. The molecule has 2 aromatic heterocycles. The molecule has 0 saturated carbocycles. The highest BCUT2D eigenvalue weighted by Gasteiger charge is 2.21. The Bertz CT molecular complexity index is 1190. The van der Waals surface area contributed by atoms with Crippen LogP contribution in [0.1, 0.15) is 35.6 Å². The van der Waals surface area contributed by atoms with Gasteiger partial charge in [0.15, 0.2) is 5.13 Å². The predicted octanol–water partition coefficient (Wildman–Crippen LogP) is 4.44. The Kier molecular flexibility index (Phi) is 9.59. The van der Waals surface area contributed by atoms with Crippen LogP contribution in [0.3, 0.4) is 0 Å². The number of amides is 3. The first kappa shape index (κ1) is 26.6. The van der Waals surface area contributed by atoms with Gasteiger partial charge in [0, 0.05) is 23.7 Å². The smallest absolute Gasteiger partial charge is 0.254 e. The van der Waals surface area contributed by atoms with Gasteiger partial charge in [-0.05, 0) is 36.2 Å². The van der Waals surface area contributed by atoms with Gasteiger partial charge in [0.2, 0.25) is 11.8 Å². The summed E-state index contributed by atoms with van der Waals surface area (Å²) in [7, 11) is 0. The van der Waals surface area contributed by atoms with E-state index in [1.54, 1.807) is 23.7 Å². The number of aromatic nitrogens is 2. The third kappa shape index (κ3) is 8.31. The van der Waals surface area contributed by atoms with Crippen molar-refractivity contribution in [3.05, 3.63) is 75.0 Å². The second-order valence-corrected chi connectivity index (χ2v) is 9.85. The van der Waals surface area contributed by atoms with Crippen LogP contribution in [0.5, 0.6) is 0 Å². The number of nitrogens with one attached hydrogen (secondary N) is 2. The van der Waals surface area contributed by atoms with Crippen LogP contribution in [-0.4, -0.2) is 45.7 Å². The molecule has 3 aromatic rings. The highest BCUT2D eigenvalue weighted by Crippen LogP contribution is 2.23. The fourth-order valence-electron chi connectivity index (χ4n) is 3.17. The first-order chi connectivity index (χ1) is 16.7. The number of benzene rings is 1. The highest BCUT2D eigenvalue weighted by molar-refractivity contribution is 7.13. The molecule has 11 heteroatoms. The monoisotopic (exact) mass is 533 g/mol. The van der Waals surface area contributed by atoms with E-state index in [0.29, 0.717) is 34.5 Å². The van der Waals surface area contributed by atoms with Crippen LogP contribution < -0.4 is 10.6 Å². The van der Waals surface area contributed by atoms with Crippen LogP contribution in [0.15, 0.2) is 48.0 Å². The molecule has 0 bridgehead atoms. The number of hydrogen-bond donors (Lipinski definition) is 2. The Hall–Kier alpha value is -3.01. The predicted molar refractivity (Wildman–Crippen MR) is 138 cm³/mol. The van der Waals surface area contributed by atoms with Crippen molar-refractivity contribution in [1.29, 1.82) is 0 Å². The van der Waals surface area contributed by atoms with E-state index >= 15 is 0 Å². The van der Waals surface area contributed by atoms with Crippen molar-refractivity contribution in [2.45, 2.75) is 26.8 Å². The van der Waals surface area contributed by atoms with Gasteiger partial charge in [-0.2, -0.15) is 0 Å². The molecular weight excluding hydrogens is 509 g/mol. The largest absolute Gasteiger partial charge is 0.350 e. The average Bonchev–Trinajstić information content (AvgIpc) is 3.25. The van der Waals surface area contributed by atoms with E-state index in [9.17, 15) is 14.4 Å². The zero-order chi connectivity index (χ0) is 25.4. The molecule has 1 aromatic carbocycles. The summed E-state index contributed by atoms with van der Waals surface area (Å²) >= 11 is 13.2. The van der Waals surface area contributed by atoms with Crippen molar-refractivity contribution < 1.29 is 14.4 Å². The Morgan fingerprint density at radius 3 is 2.54 bits per heavy atom. The van der Waals surface area contributed by atoms with Crippen LogP contribution in [-0.2, 0) is 22.6 Å². The third-order valence-electron chi connectivity index (χ3n) is 4.71. The number of hydrogen-bond acceptors (Lipinski definition) is 6. The van der Waals surface area contributed by atoms with Crippen LogP contribution in [0.25, 0.3) is 0 Å². The van der Waals surface area contributed by atoms with E-state index in [1.807, 2.05) is 32.0 Å². The van der Waals surface area contributed by atoms with Crippen LogP contribution in [0.2, 0.25) is 10.0 Å². The topological polar surface area (TPSA) is 104 Å². The summed E-state index contributed by atoms with van der Waals surface area (Å²) in [5.74, 6) is -0.767. The first-order valence-electron chi connectivity index (χ1n) is 10.9. The van der Waals surface area contributed by atoms with Crippen LogP contribution in [0, 0.1) is 5.92 Å². The minimum atomic E-state index is -0.389. The molecule has 0 aliphatic rings. The molecule has 0 fully saturated rings. The number of rotatable bonds is 10. The summed E-state index contributed by atoms with van der Waals surface area (Å²) in [6.07, 6.45) is 1.74. The van der Waals surface area contributed by atoms with E-state index < -0.39 is 0 Å². The molecule has 2 N–H and O–H groups in total. The maximum absolute atomic E-state index is 13.0. The Morgan fingerprint density at radius 1 is 1.06 bits per heavy atom. The lowest BCUT2D eigenvalue weighted by Crippen LogP contribution is -2.40. The van der Waals surface area contributed by atoms with Gasteiger partial charge < -0.3 is 15.5 Å². The lowest BCUT2D eigenvalue weighted by atomic mass is 10.1. The van der Waals surface area contributed by atoms with E-state index in [-0.39, 0.29) is 41.6 Å². The number of carbonyl (C=O) groups excluding carboxylic acids is 3. The maximum Gasteiger partial charge on any atom is 0.254 e. The summed E-state index contributed by atoms with van der Waals surface area (Å²) in [6, 6.07) is 10.1. The van der Waals surface area contributed by atoms with Gasteiger partial charge in [-0.25, -0.2) is 4.98 Å². The third-order valence-corrected chi connectivity index (χ3v) is 6.25. The van der Waals surface area contributed by atoms with Gasteiger partial charge in [0.25, 0.3) is 5.91 Å². The van der Waals surface area contributed by atoms with Crippen LogP contribution in [0.4, 0.5) is 5.13 Å². The molecule has 0 atom stereocenters. The van der Waals surface area contributed by atoms with Gasteiger partial charge in [-0.1, -0.05) is 43.1 Å². The van der Waals surface area contributed by atoms with Crippen molar-refractivity contribution in [3.8, 4) is 0 Å². The minimum Gasteiger partial charge on any atom is -0.350 e. The summed E-state index contributed by atoms with van der Waals surface area (Å²) in [5, 5.41) is 8.19. The van der Waals surface area contributed by atoms with Crippen molar-refractivity contribution in [3.63, 3.8) is 0 Å².